The molecular formula is C71H94N14. The zero-order valence-electron chi connectivity index (χ0n) is 54.1. The summed E-state index contributed by atoms with van der Waals surface area (Å²) in [5, 5.41) is 9.30. The van der Waals surface area contributed by atoms with E-state index in [-0.39, 0.29) is 39.9 Å². The molecule has 0 saturated heterocycles. The van der Waals surface area contributed by atoms with E-state index >= 15 is 0 Å². The first-order chi connectivity index (χ1) is 39.1. The van der Waals surface area contributed by atoms with Gasteiger partial charge in [-0.2, -0.15) is 10.2 Å². The molecule has 0 atom stereocenters. The van der Waals surface area contributed by atoms with Crippen LogP contribution in [0.1, 0.15) is 188 Å². The zero-order valence-corrected chi connectivity index (χ0v) is 54.1. The fourth-order valence-corrected chi connectivity index (χ4v) is 8.86. The van der Waals surface area contributed by atoms with Crippen LogP contribution in [0.2, 0.25) is 0 Å². The van der Waals surface area contributed by atoms with Crippen LogP contribution in [0.25, 0.3) is 44.5 Å². The lowest BCUT2D eigenvalue weighted by atomic mass is 9.86. The molecule has 14 nitrogen and oxygen atoms in total. The van der Waals surface area contributed by atoms with Crippen LogP contribution in [0, 0.1) is 27.7 Å². The molecule has 0 aliphatic heterocycles. The third-order valence-corrected chi connectivity index (χ3v) is 14.7. The molecule has 11 aromatic heterocycles. The second kappa shape index (κ2) is 25.9. The second-order valence-electron chi connectivity index (χ2n) is 27.9. The third kappa shape index (κ3) is 17.0. The largest absolute Gasteiger partial charge is 0.304 e. The van der Waals surface area contributed by atoms with Crippen LogP contribution in [0.15, 0.2) is 147 Å². The van der Waals surface area contributed by atoms with Gasteiger partial charge in [0.15, 0.2) is 11.3 Å². The van der Waals surface area contributed by atoms with Crippen molar-refractivity contribution < 1.29 is 0 Å². The number of fused-ring (bicyclic) bond motifs is 6. The van der Waals surface area contributed by atoms with E-state index in [1.165, 1.54) is 44.8 Å². The highest BCUT2D eigenvalue weighted by Crippen LogP contribution is 2.29. The van der Waals surface area contributed by atoms with Crippen molar-refractivity contribution in [2.75, 3.05) is 0 Å². The van der Waals surface area contributed by atoms with Crippen LogP contribution in [0.4, 0.5) is 0 Å². The van der Waals surface area contributed by atoms with E-state index in [0.717, 1.165) is 55.9 Å². The Labute approximate surface area is 505 Å². The summed E-state index contributed by atoms with van der Waals surface area (Å²) < 4.78 is 7.86. The summed E-state index contributed by atoms with van der Waals surface area (Å²) in [6.07, 6.45) is 18.7. The molecule has 0 spiro atoms. The molecule has 12 rings (SSSR count). The van der Waals surface area contributed by atoms with Crippen molar-refractivity contribution in [2.45, 2.75) is 192 Å². The normalized spacial score (nSPS) is 12.0. The summed E-state index contributed by atoms with van der Waals surface area (Å²) in [4.78, 5) is 34.3. The number of aromatic nitrogens is 14. The van der Waals surface area contributed by atoms with E-state index in [2.05, 4.69) is 289 Å². The van der Waals surface area contributed by atoms with Gasteiger partial charge in [0.1, 0.15) is 30.3 Å². The highest BCUT2D eigenvalue weighted by molar-refractivity contribution is 5.81. The molecule has 0 aliphatic rings. The first-order valence-corrected chi connectivity index (χ1v) is 29.0. The zero-order chi connectivity index (χ0) is 61.7. The first kappa shape index (κ1) is 65.9. The van der Waals surface area contributed by atoms with Crippen molar-refractivity contribution in [1.82, 2.24) is 67.9 Å². The maximum absolute atomic E-state index is 4.68. The van der Waals surface area contributed by atoms with E-state index in [1.807, 2.05) is 50.0 Å². The number of pyridine rings is 6. The van der Waals surface area contributed by atoms with Gasteiger partial charge in [-0.05, 0) is 149 Å². The van der Waals surface area contributed by atoms with Gasteiger partial charge in [0.05, 0.1) is 16.6 Å². The molecule has 0 unspecified atom stereocenters. The number of imidazole rings is 2. The van der Waals surface area contributed by atoms with Crippen molar-refractivity contribution in [3.05, 3.63) is 203 Å². The Bertz CT molecular complexity index is 3880. The Balaban J connectivity index is 0.000000163. The highest BCUT2D eigenvalue weighted by atomic mass is 15.3. The fraction of sp³-hybridized carbons (Fsp3) is 0.408. The van der Waals surface area contributed by atoms with Crippen LogP contribution in [-0.4, -0.2) is 67.9 Å². The standard InChI is InChI=1S/2C13H16N2.2C12H16N2.2C10H13N3.CH4/c1-9-11-7-10(13(2,3)4)5-6-12(11)15-8-14-9;1-9-7-8-14-10-5-6-11(13(2,3)4)15-12(9)10;2*1-9-7-13-11-6-5-10(8-14(9)11)12(2,3)4;1-10(2,3)8-4-5-13-9(6-8)11-7-12-13;1-10(2,3)8-4-5-9-11-7-12-13(9)6-8;/h2*5-8H,1-4H3;2*5-8H,1-4H3;2*4-7H,1-3H3;1H4. The van der Waals surface area contributed by atoms with Gasteiger partial charge in [-0.25, -0.2) is 38.9 Å². The minimum absolute atomic E-state index is 0. The fourth-order valence-electron chi connectivity index (χ4n) is 8.86. The summed E-state index contributed by atoms with van der Waals surface area (Å²) in [6.45, 7) is 47.9. The summed E-state index contributed by atoms with van der Waals surface area (Å²) in [6, 6.07) is 29.3. The van der Waals surface area contributed by atoms with Crippen LogP contribution >= 0.6 is 0 Å². The summed E-state index contributed by atoms with van der Waals surface area (Å²) >= 11 is 0. The maximum atomic E-state index is 4.68. The Kier molecular flexibility index (Phi) is 20.1. The average Bonchev–Trinajstić information content (AvgIpc) is 3.82. The second-order valence-corrected chi connectivity index (χ2v) is 27.9. The predicted octanol–water partition coefficient (Wildman–Crippen LogP) is 17.0. The lowest BCUT2D eigenvalue weighted by Gasteiger charge is -2.19. The number of hydrogen-bond acceptors (Lipinski definition) is 10. The van der Waals surface area contributed by atoms with E-state index < -0.39 is 0 Å². The average molecular weight is 1140 g/mol. The van der Waals surface area contributed by atoms with Crippen molar-refractivity contribution in [1.29, 1.82) is 0 Å². The predicted molar refractivity (Wildman–Crippen MR) is 353 cm³/mol. The van der Waals surface area contributed by atoms with Gasteiger partial charge in [0, 0.05) is 77.0 Å². The van der Waals surface area contributed by atoms with E-state index in [1.54, 1.807) is 28.0 Å². The first-order valence-electron chi connectivity index (χ1n) is 29.0. The topological polar surface area (TPSA) is 147 Å². The Morgan fingerprint density at radius 1 is 0.365 bits per heavy atom. The van der Waals surface area contributed by atoms with Gasteiger partial charge in [0.25, 0.3) is 0 Å². The van der Waals surface area contributed by atoms with Gasteiger partial charge in [-0.3, -0.25) is 9.97 Å². The Morgan fingerprint density at radius 2 is 0.835 bits per heavy atom. The van der Waals surface area contributed by atoms with E-state index in [9.17, 15) is 0 Å². The van der Waals surface area contributed by atoms with E-state index in [0.29, 0.717) is 0 Å². The number of rotatable bonds is 0. The van der Waals surface area contributed by atoms with Crippen LogP contribution in [-0.2, 0) is 32.5 Å². The van der Waals surface area contributed by atoms with Crippen molar-refractivity contribution in [3.8, 4) is 0 Å². The minimum atomic E-state index is 0. The highest BCUT2D eigenvalue weighted by Gasteiger charge is 2.19. The van der Waals surface area contributed by atoms with Gasteiger partial charge < -0.3 is 8.80 Å². The minimum Gasteiger partial charge on any atom is -0.304 e. The van der Waals surface area contributed by atoms with Gasteiger partial charge in [-0.15, -0.1) is 0 Å². The molecule has 0 amide bonds. The van der Waals surface area contributed by atoms with Gasteiger partial charge in [-0.1, -0.05) is 156 Å². The molecule has 85 heavy (non-hydrogen) atoms. The molecule has 0 aliphatic carbocycles. The Hall–Kier alpha value is -8.26. The lowest BCUT2D eigenvalue weighted by Crippen LogP contribution is -2.13. The van der Waals surface area contributed by atoms with Crippen LogP contribution in [0.3, 0.4) is 0 Å². The molecule has 0 radical (unpaired) electrons. The quantitative estimate of drug-likeness (QED) is 0.144. The molecule has 0 bridgehead atoms. The molecule has 0 saturated carbocycles. The summed E-state index contributed by atoms with van der Waals surface area (Å²) in [7, 11) is 0. The number of benzene rings is 1. The third-order valence-electron chi connectivity index (χ3n) is 14.7. The molecular weight excluding hydrogens is 1050 g/mol. The van der Waals surface area contributed by atoms with E-state index in [4.69, 9.17) is 0 Å². The van der Waals surface area contributed by atoms with Crippen molar-refractivity contribution in [3.63, 3.8) is 0 Å². The SMILES string of the molecule is C.CC(C)(C)c1ccc2ncnn2c1.CC(C)(C)c1ccn2ncnc2c1.Cc1ccnc2ccc(C(C)(C)C)nc12.Cc1cnc2ccc(C(C)(C)C)cn12.Cc1cnc2ccc(C(C)(C)C)cn12.Cc1ncnc2ccc(C(C)(C)C)cc12. The van der Waals surface area contributed by atoms with Gasteiger partial charge in [0.2, 0.25) is 0 Å². The van der Waals surface area contributed by atoms with Crippen LogP contribution in [0.5, 0.6) is 0 Å². The molecule has 11 heterocycles. The molecule has 12 aromatic rings. The summed E-state index contributed by atoms with van der Waals surface area (Å²) in [5.41, 5.74) is 20.2. The van der Waals surface area contributed by atoms with Gasteiger partial charge >= 0.3 is 0 Å². The molecule has 0 fully saturated rings. The Morgan fingerprint density at radius 3 is 1.36 bits per heavy atom. The van der Waals surface area contributed by atoms with Crippen molar-refractivity contribution in [2.24, 2.45) is 0 Å². The molecule has 14 heteroatoms. The monoisotopic (exact) mass is 1140 g/mol. The number of hydrogen-bond donors (Lipinski definition) is 0. The molecule has 1 aromatic carbocycles. The summed E-state index contributed by atoms with van der Waals surface area (Å²) in [5.74, 6) is 0. The molecule has 448 valence electrons. The van der Waals surface area contributed by atoms with Crippen molar-refractivity contribution >= 4 is 44.5 Å². The number of nitrogens with zero attached hydrogens (tertiary/aromatic N) is 14. The lowest BCUT2D eigenvalue weighted by molar-refractivity contribution is 0.571. The smallest absolute Gasteiger partial charge is 0.155 e. The molecule has 0 N–H and O–H groups in total. The maximum Gasteiger partial charge on any atom is 0.155 e. The number of aryl methyl sites for hydroxylation is 4. The van der Waals surface area contributed by atoms with Crippen LogP contribution < -0.4 is 0 Å².